The molecule has 2 rings (SSSR count). The van der Waals surface area contributed by atoms with E-state index >= 15 is 0 Å². The van der Waals surface area contributed by atoms with Crippen molar-refractivity contribution in [3.8, 4) is 5.75 Å². The van der Waals surface area contributed by atoms with E-state index in [1.165, 1.54) is 12.1 Å². The van der Waals surface area contributed by atoms with Crippen LogP contribution in [0.5, 0.6) is 5.75 Å². The van der Waals surface area contributed by atoms with Crippen LogP contribution >= 0.6 is 0 Å². The van der Waals surface area contributed by atoms with Crippen molar-refractivity contribution in [2.75, 3.05) is 6.61 Å². The first-order valence-electron chi connectivity index (χ1n) is 8.42. The van der Waals surface area contributed by atoms with Crippen LogP contribution in [0.3, 0.4) is 0 Å². The zero-order valence-electron chi connectivity index (χ0n) is 14.5. The first kappa shape index (κ1) is 18.9. The lowest BCUT2D eigenvalue weighted by atomic mass is 10.0. The van der Waals surface area contributed by atoms with E-state index in [0.717, 1.165) is 11.3 Å². The number of ether oxygens (including phenoxy) is 1. The molecule has 0 radical (unpaired) electrons. The maximum Gasteiger partial charge on any atom is 0.224 e. The lowest BCUT2D eigenvalue weighted by molar-refractivity contribution is -0.121. The molecule has 5 heteroatoms. The second-order valence-corrected chi connectivity index (χ2v) is 6.03. The minimum absolute atomic E-state index is 0.108. The number of hydrogen-bond donors (Lipinski definition) is 2. The van der Waals surface area contributed by atoms with Gasteiger partial charge in [0, 0.05) is 6.04 Å². The van der Waals surface area contributed by atoms with Gasteiger partial charge in [0.25, 0.3) is 0 Å². The van der Waals surface area contributed by atoms with E-state index in [1.807, 2.05) is 38.1 Å². The van der Waals surface area contributed by atoms with Gasteiger partial charge in [0.1, 0.15) is 11.6 Å². The minimum Gasteiger partial charge on any atom is -0.494 e. The molecule has 0 fully saturated rings. The summed E-state index contributed by atoms with van der Waals surface area (Å²) in [4.78, 5) is 12.1. The van der Waals surface area contributed by atoms with E-state index in [1.54, 1.807) is 12.1 Å². The molecule has 2 aromatic rings. The zero-order valence-corrected chi connectivity index (χ0v) is 14.5. The van der Waals surface area contributed by atoms with Crippen LogP contribution in [0.4, 0.5) is 4.39 Å². The van der Waals surface area contributed by atoms with Crippen molar-refractivity contribution in [1.82, 2.24) is 5.32 Å². The number of hydrogen-bond acceptors (Lipinski definition) is 3. The van der Waals surface area contributed by atoms with Gasteiger partial charge < -0.3 is 15.2 Å². The Labute approximate surface area is 147 Å². The van der Waals surface area contributed by atoms with Gasteiger partial charge in [0.15, 0.2) is 0 Å². The Morgan fingerprint density at radius 1 is 1.16 bits per heavy atom. The standard InChI is InChI=1S/C20H24FNO3/c1-3-25-18-10-4-15(5-11-18)13-20(24)22-14(2)12-19(23)16-6-8-17(21)9-7-16/h4-11,14,19,23H,3,12-13H2,1-2H3,(H,22,24). The van der Waals surface area contributed by atoms with E-state index in [2.05, 4.69) is 5.32 Å². The molecule has 0 aliphatic rings. The molecule has 2 unspecified atom stereocenters. The van der Waals surface area contributed by atoms with Crippen LogP contribution in [0.15, 0.2) is 48.5 Å². The Morgan fingerprint density at radius 3 is 2.40 bits per heavy atom. The van der Waals surface area contributed by atoms with E-state index in [4.69, 9.17) is 4.74 Å². The molecule has 134 valence electrons. The van der Waals surface area contributed by atoms with E-state index in [-0.39, 0.29) is 24.2 Å². The monoisotopic (exact) mass is 345 g/mol. The fourth-order valence-corrected chi connectivity index (χ4v) is 2.60. The number of carbonyl (C=O) groups is 1. The van der Waals surface area contributed by atoms with Gasteiger partial charge in [-0.25, -0.2) is 4.39 Å². The third kappa shape index (κ3) is 6.19. The van der Waals surface area contributed by atoms with Gasteiger partial charge in [-0.15, -0.1) is 0 Å². The molecule has 1 amide bonds. The molecular formula is C20H24FNO3. The van der Waals surface area contributed by atoms with Crippen LogP contribution in [0.2, 0.25) is 0 Å². The van der Waals surface area contributed by atoms with Crippen molar-refractivity contribution in [3.63, 3.8) is 0 Å². The number of benzene rings is 2. The van der Waals surface area contributed by atoms with Crippen LogP contribution in [-0.2, 0) is 11.2 Å². The summed E-state index contributed by atoms with van der Waals surface area (Å²) in [6.07, 6.45) is -0.120. The quantitative estimate of drug-likeness (QED) is 0.771. The largest absolute Gasteiger partial charge is 0.494 e. The Hall–Kier alpha value is -2.40. The average molecular weight is 345 g/mol. The van der Waals surface area contributed by atoms with Crippen LogP contribution in [0, 0.1) is 5.82 Å². The highest BCUT2D eigenvalue weighted by atomic mass is 19.1. The van der Waals surface area contributed by atoms with Gasteiger partial charge in [-0.05, 0) is 55.7 Å². The van der Waals surface area contributed by atoms with Crippen molar-refractivity contribution >= 4 is 5.91 Å². The summed E-state index contributed by atoms with van der Waals surface area (Å²) >= 11 is 0. The number of amides is 1. The number of rotatable bonds is 8. The van der Waals surface area contributed by atoms with Crippen LogP contribution in [0.25, 0.3) is 0 Å². The van der Waals surface area contributed by atoms with E-state index in [0.29, 0.717) is 18.6 Å². The Bertz CT molecular complexity index is 670. The van der Waals surface area contributed by atoms with Crippen molar-refractivity contribution in [3.05, 3.63) is 65.5 Å². The first-order valence-corrected chi connectivity index (χ1v) is 8.42. The minimum atomic E-state index is -0.749. The highest BCUT2D eigenvalue weighted by molar-refractivity contribution is 5.78. The SMILES string of the molecule is CCOc1ccc(CC(=O)NC(C)CC(O)c2ccc(F)cc2)cc1. The normalized spacial score (nSPS) is 13.1. The summed E-state index contributed by atoms with van der Waals surface area (Å²) in [7, 11) is 0. The molecule has 4 nitrogen and oxygen atoms in total. The molecule has 2 N–H and O–H groups in total. The van der Waals surface area contributed by atoms with E-state index < -0.39 is 6.10 Å². The number of aliphatic hydroxyl groups excluding tert-OH is 1. The Morgan fingerprint density at radius 2 is 1.80 bits per heavy atom. The fourth-order valence-electron chi connectivity index (χ4n) is 2.60. The van der Waals surface area contributed by atoms with Crippen molar-refractivity contribution in [2.24, 2.45) is 0 Å². The van der Waals surface area contributed by atoms with Crippen molar-refractivity contribution in [1.29, 1.82) is 0 Å². The molecule has 2 aromatic carbocycles. The molecule has 0 saturated heterocycles. The van der Waals surface area contributed by atoms with Gasteiger partial charge >= 0.3 is 0 Å². The fraction of sp³-hybridized carbons (Fsp3) is 0.350. The maximum absolute atomic E-state index is 12.9. The predicted molar refractivity (Wildman–Crippen MR) is 94.9 cm³/mol. The Kier molecular flexibility index (Phi) is 6.95. The van der Waals surface area contributed by atoms with Crippen LogP contribution in [-0.4, -0.2) is 23.7 Å². The molecule has 25 heavy (non-hydrogen) atoms. The van der Waals surface area contributed by atoms with Gasteiger partial charge in [-0.1, -0.05) is 24.3 Å². The molecule has 0 spiro atoms. The summed E-state index contributed by atoms with van der Waals surface area (Å²) < 4.78 is 18.3. The Balaban J connectivity index is 1.81. The lowest BCUT2D eigenvalue weighted by Gasteiger charge is -2.18. The molecule has 0 aromatic heterocycles. The average Bonchev–Trinajstić information content (AvgIpc) is 2.57. The van der Waals surface area contributed by atoms with Gasteiger partial charge in [0.05, 0.1) is 19.1 Å². The molecular weight excluding hydrogens is 321 g/mol. The van der Waals surface area contributed by atoms with E-state index in [9.17, 15) is 14.3 Å². The lowest BCUT2D eigenvalue weighted by Crippen LogP contribution is -2.34. The van der Waals surface area contributed by atoms with Gasteiger partial charge in [0.2, 0.25) is 5.91 Å². The van der Waals surface area contributed by atoms with Crippen LogP contribution in [0.1, 0.15) is 37.5 Å². The molecule has 0 aliphatic heterocycles. The zero-order chi connectivity index (χ0) is 18.2. The third-order valence-corrected chi connectivity index (χ3v) is 3.84. The van der Waals surface area contributed by atoms with Gasteiger partial charge in [-0.2, -0.15) is 0 Å². The molecule has 0 aliphatic carbocycles. The van der Waals surface area contributed by atoms with Crippen molar-refractivity contribution < 1.29 is 19.0 Å². The maximum atomic E-state index is 12.9. The van der Waals surface area contributed by atoms with Gasteiger partial charge in [-0.3, -0.25) is 4.79 Å². The highest BCUT2D eigenvalue weighted by Crippen LogP contribution is 2.19. The topological polar surface area (TPSA) is 58.6 Å². The number of aliphatic hydroxyl groups is 1. The second-order valence-electron chi connectivity index (χ2n) is 6.03. The second kappa shape index (κ2) is 9.18. The first-order chi connectivity index (χ1) is 12.0. The predicted octanol–water partition coefficient (Wildman–Crippen LogP) is 3.40. The molecule has 2 atom stereocenters. The van der Waals surface area contributed by atoms with Crippen molar-refractivity contribution in [2.45, 2.75) is 38.8 Å². The molecule has 0 heterocycles. The third-order valence-electron chi connectivity index (χ3n) is 3.84. The molecule has 0 bridgehead atoms. The summed E-state index contributed by atoms with van der Waals surface area (Å²) in [5.41, 5.74) is 1.53. The summed E-state index contributed by atoms with van der Waals surface area (Å²) in [6.45, 7) is 4.36. The molecule has 0 saturated carbocycles. The summed E-state index contributed by atoms with van der Waals surface area (Å²) in [6, 6.07) is 12.9. The number of carbonyl (C=O) groups excluding carboxylic acids is 1. The smallest absolute Gasteiger partial charge is 0.224 e. The van der Waals surface area contributed by atoms with Crippen LogP contribution < -0.4 is 10.1 Å². The summed E-state index contributed by atoms with van der Waals surface area (Å²) in [5.74, 6) is 0.332. The number of nitrogens with one attached hydrogen (secondary N) is 1. The number of halogens is 1. The summed E-state index contributed by atoms with van der Waals surface area (Å²) in [5, 5.41) is 13.1. The highest BCUT2D eigenvalue weighted by Gasteiger charge is 2.15.